The maximum absolute atomic E-state index is 11.0. The van der Waals surface area contributed by atoms with Crippen LogP contribution in [0.4, 0.5) is 11.4 Å². The van der Waals surface area contributed by atoms with Gasteiger partial charge < -0.3 is 15.7 Å². The molecule has 0 radical (unpaired) electrons. The molecule has 100 valence electrons. The highest BCUT2D eigenvalue weighted by Gasteiger charge is 2.17. The molecule has 1 heterocycles. The summed E-state index contributed by atoms with van der Waals surface area (Å²) in [4.78, 5) is 14.2. The Balaban J connectivity index is 2.35. The highest BCUT2D eigenvalue weighted by atomic mass is 32.1. The molecule has 0 aliphatic heterocycles. The second kappa shape index (κ2) is 5.32. The van der Waals surface area contributed by atoms with Crippen molar-refractivity contribution in [3.05, 3.63) is 46.2 Å². The van der Waals surface area contributed by atoms with Crippen LogP contribution < -0.4 is 10.6 Å². The van der Waals surface area contributed by atoms with Crippen LogP contribution in [0.2, 0.25) is 0 Å². The van der Waals surface area contributed by atoms with Crippen LogP contribution in [0.5, 0.6) is 0 Å². The monoisotopic (exact) mass is 276 g/mol. The summed E-state index contributed by atoms with van der Waals surface area (Å²) in [5.74, 6) is -0.946. The Bertz CT molecular complexity index is 581. The van der Waals surface area contributed by atoms with Gasteiger partial charge >= 0.3 is 5.97 Å². The van der Waals surface area contributed by atoms with Gasteiger partial charge in [-0.3, -0.25) is 0 Å². The highest BCUT2D eigenvalue weighted by Crippen LogP contribution is 2.32. The molecular formula is C14H16N2O2S. The lowest BCUT2D eigenvalue weighted by molar-refractivity contribution is 0.0697. The van der Waals surface area contributed by atoms with Gasteiger partial charge in [0.25, 0.3) is 0 Å². The largest absolute Gasteiger partial charge is 0.478 e. The van der Waals surface area contributed by atoms with Crippen LogP contribution in [0.15, 0.2) is 35.7 Å². The van der Waals surface area contributed by atoms with Crippen molar-refractivity contribution >= 4 is 28.7 Å². The number of nitrogens with zero attached hydrogens (tertiary/aromatic N) is 1. The van der Waals surface area contributed by atoms with Gasteiger partial charge in [-0.05, 0) is 36.6 Å². The first-order valence-electron chi connectivity index (χ1n) is 5.89. The van der Waals surface area contributed by atoms with Gasteiger partial charge in [-0.15, -0.1) is 11.3 Å². The SMILES string of the molecule is CC(c1cccs1)N(C)c1cc(C(=O)O)ccc1N. The molecule has 5 heteroatoms. The van der Waals surface area contributed by atoms with Crippen LogP contribution in [-0.4, -0.2) is 18.1 Å². The van der Waals surface area contributed by atoms with Crippen LogP contribution in [-0.2, 0) is 0 Å². The smallest absolute Gasteiger partial charge is 0.335 e. The van der Waals surface area contributed by atoms with E-state index in [9.17, 15) is 4.79 Å². The Kier molecular flexibility index (Phi) is 3.76. The first-order valence-corrected chi connectivity index (χ1v) is 6.77. The Morgan fingerprint density at radius 2 is 2.16 bits per heavy atom. The molecule has 1 aromatic carbocycles. The molecule has 3 N–H and O–H groups in total. The van der Waals surface area contributed by atoms with Crippen LogP contribution in [0, 0.1) is 0 Å². The predicted molar refractivity (Wildman–Crippen MR) is 79.0 cm³/mol. The molecule has 4 nitrogen and oxygen atoms in total. The van der Waals surface area contributed by atoms with Crippen molar-refractivity contribution in [1.29, 1.82) is 0 Å². The minimum absolute atomic E-state index is 0.145. The van der Waals surface area contributed by atoms with Crippen molar-refractivity contribution in [2.24, 2.45) is 0 Å². The first kappa shape index (κ1) is 13.4. The zero-order chi connectivity index (χ0) is 14.0. The molecule has 0 aliphatic rings. The normalized spacial score (nSPS) is 12.1. The Morgan fingerprint density at radius 3 is 2.74 bits per heavy atom. The number of nitrogens with two attached hydrogens (primary N) is 1. The fourth-order valence-corrected chi connectivity index (χ4v) is 2.74. The minimum Gasteiger partial charge on any atom is -0.478 e. The average Bonchev–Trinajstić information content (AvgIpc) is 2.91. The number of thiophene rings is 1. The molecule has 0 aliphatic carbocycles. The number of aromatic carboxylic acids is 1. The van der Waals surface area contributed by atoms with Crippen LogP contribution in [0.3, 0.4) is 0 Å². The van der Waals surface area contributed by atoms with Gasteiger partial charge in [-0.25, -0.2) is 4.79 Å². The number of rotatable bonds is 4. The summed E-state index contributed by atoms with van der Waals surface area (Å²) in [7, 11) is 1.92. The number of anilines is 2. The Hall–Kier alpha value is -2.01. The maximum atomic E-state index is 11.0. The molecule has 1 atom stereocenters. The van der Waals surface area contributed by atoms with Gasteiger partial charge in [-0.2, -0.15) is 0 Å². The first-order chi connectivity index (χ1) is 9.00. The summed E-state index contributed by atoms with van der Waals surface area (Å²) in [6.07, 6.45) is 0. The summed E-state index contributed by atoms with van der Waals surface area (Å²) in [6, 6.07) is 8.97. The van der Waals surface area contributed by atoms with Crippen molar-refractivity contribution < 1.29 is 9.90 Å². The lowest BCUT2D eigenvalue weighted by Crippen LogP contribution is -2.22. The standard InChI is InChI=1S/C14H16N2O2S/c1-9(13-4-3-7-19-13)16(2)12-8-10(14(17)18)5-6-11(12)15/h3-9H,15H2,1-2H3,(H,17,18). The minimum atomic E-state index is -0.946. The third-order valence-electron chi connectivity index (χ3n) is 3.19. The van der Waals surface area contributed by atoms with E-state index in [-0.39, 0.29) is 11.6 Å². The number of nitrogen functional groups attached to an aromatic ring is 1. The molecule has 2 aromatic rings. The number of carbonyl (C=O) groups is 1. The number of hydrogen-bond acceptors (Lipinski definition) is 4. The van der Waals surface area contributed by atoms with Crippen LogP contribution in [0.25, 0.3) is 0 Å². The van der Waals surface area contributed by atoms with E-state index in [4.69, 9.17) is 10.8 Å². The van der Waals surface area contributed by atoms with E-state index in [2.05, 4.69) is 13.0 Å². The van der Waals surface area contributed by atoms with Gasteiger partial charge in [0.1, 0.15) is 0 Å². The third-order valence-corrected chi connectivity index (χ3v) is 4.24. The molecule has 0 bridgehead atoms. The van der Waals surface area contributed by atoms with Crippen molar-refractivity contribution in [1.82, 2.24) is 0 Å². The van der Waals surface area contributed by atoms with Gasteiger partial charge in [0.05, 0.1) is 23.0 Å². The Labute approximate surface area is 116 Å². The van der Waals surface area contributed by atoms with Crippen molar-refractivity contribution in [2.75, 3.05) is 17.7 Å². The summed E-state index contributed by atoms with van der Waals surface area (Å²) in [6.45, 7) is 2.07. The molecule has 2 rings (SSSR count). The van der Waals surface area contributed by atoms with Gasteiger partial charge in [-0.1, -0.05) is 6.07 Å². The van der Waals surface area contributed by atoms with Gasteiger partial charge in [0, 0.05) is 11.9 Å². The molecule has 1 unspecified atom stereocenters. The van der Waals surface area contributed by atoms with E-state index >= 15 is 0 Å². The second-order valence-electron chi connectivity index (χ2n) is 4.38. The van der Waals surface area contributed by atoms with Crippen molar-refractivity contribution in [2.45, 2.75) is 13.0 Å². The topological polar surface area (TPSA) is 66.6 Å². The number of hydrogen-bond donors (Lipinski definition) is 2. The molecule has 0 fully saturated rings. The molecule has 0 saturated heterocycles. The summed E-state index contributed by atoms with van der Waals surface area (Å²) >= 11 is 1.67. The zero-order valence-electron chi connectivity index (χ0n) is 10.8. The third kappa shape index (κ3) is 2.71. The zero-order valence-corrected chi connectivity index (χ0v) is 11.6. The quantitative estimate of drug-likeness (QED) is 0.841. The van der Waals surface area contributed by atoms with Crippen LogP contribution in [0.1, 0.15) is 28.2 Å². The fraction of sp³-hybridized carbons (Fsp3) is 0.214. The predicted octanol–water partition coefficient (Wildman–Crippen LogP) is 3.23. The fourth-order valence-electron chi connectivity index (χ4n) is 1.91. The van der Waals surface area contributed by atoms with E-state index in [1.165, 1.54) is 10.9 Å². The summed E-state index contributed by atoms with van der Waals surface area (Å²) in [5, 5.41) is 11.1. The van der Waals surface area contributed by atoms with E-state index in [0.717, 1.165) is 5.69 Å². The number of benzene rings is 1. The van der Waals surface area contributed by atoms with E-state index in [0.29, 0.717) is 5.69 Å². The lowest BCUT2D eigenvalue weighted by atomic mass is 10.1. The summed E-state index contributed by atoms with van der Waals surface area (Å²) in [5.41, 5.74) is 7.51. The van der Waals surface area contributed by atoms with Crippen LogP contribution >= 0.6 is 11.3 Å². The molecule has 0 amide bonds. The van der Waals surface area contributed by atoms with Gasteiger partial charge in [0.15, 0.2) is 0 Å². The highest BCUT2D eigenvalue weighted by molar-refractivity contribution is 7.10. The van der Waals surface area contributed by atoms with Gasteiger partial charge in [0.2, 0.25) is 0 Å². The molecule has 0 spiro atoms. The Morgan fingerprint density at radius 1 is 1.42 bits per heavy atom. The number of carboxylic acids is 1. The summed E-state index contributed by atoms with van der Waals surface area (Å²) < 4.78 is 0. The molecular weight excluding hydrogens is 260 g/mol. The van der Waals surface area contributed by atoms with Crippen molar-refractivity contribution in [3.8, 4) is 0 Å². The maximum Gasteiger partial charge on any atom is 0.335 e. The molecule has 1 aromatic heterocycles. The lowest BCUT2D eigenvalue weighted by Gasteiger charge is -2.27. The van der Waals surface area contributed by atoms with E-state index in [1.807, 2.05) is 23.4 Å². The molecule has 0 saturated carbocycles. The van der Waals surface area contributed by atoms with Crippen molar-refractivity contribution in [3.63, 3.8) is 0 Å². The van der Waals surface area contributed by atoms with E-state index in [1.54, 1.807) is 23.5 Å². The number of carboxylic acid groups (broad SMARTS) is 1. The second-order valence-corrected chi connectivity index (χ2v) is 5.36. The van der Waals surface area contributed by atoms with E-state index < -0.39 is 5.97 Å². The average molecular weight is 276 g/mol. The molecule has 19 heavy (non-hydrogen) atoms.